The minimum absolute atomic E-state index is 0.0715. The normalized spacial score (nSPS) is 12.4. The van der Waals surface area contributed by atoms with Crippen molar-refractivity contribution < 1.29 is 19.0 Å². The molecule has 2 rings (SSSR count). The number of thiocarbonyl (C=S) groups is 1. The lowest BCUT2D eigenvalue weighted by molar-refractivity contribution is -0.115. The Morgan fingerprint density at radius 1 is 1.09 bits per heavy atom. The molecule has 1 aromatic carbocycles. The number of methoxy groups -OCH3 is 3. The molecule has 1 unspecified atom stereocenters. The third kappa shape index (κ3) is 8.97. The first-order valence-corrected chi connectivity index (χ1v) is 11.5. The van der Waals surface area contributed by atoms with Crippen LogP contribution >= 0.6 is 12.2 Å². The van der Waals surface area contributed by atoms with Crippen LogP contribution in [0.1, 0.15) is 51.2 Å². The molecule has 0 fully saturated rings. The van der Waals surface area contributed by atoms with Crippen LogP contribution in [0, 0.1) is 11.3 Å². The molecule has 178 valence electrons. The van der Waals surface area contributed by atoms with Crippen molar-refractivity contribution in [3.63, 3.8) is 0 Å². The van der Waals surface area contributed by atoms with E-state index in [4.69, 9.17) is 26.4 Å². The molecular formula is C27H35NO4S. The lowest BCUT2D eigenvalue weighted by atomic mass is 9.80. The molecule has 5 nitrogen and oxygen atoms in total. The topological polar surface area (TPSA) is 57.7 Å². The molecular weight excluding hydrogens is 434 g/mol. The van der Waals surface area contributed by atoms with Crippen molar-refractivity contribution in [1.29, 1.82) is 0 Å². The van der Waals surface area contributed by atoms with Gasteiger partial charge in [-0.25, -0.2) is 0 Å². The zero-order chi connectivity index (χ0) is 24.4. The van der Waals surface area contributed by atoms with Gasteiger partial charge in [0.05, 0.1) is 21.3 Å². The summed E-state index contributed by atoms with van der Waals surface area (Å²) < 4.78 is 16.2. The Hall–Kier alpha value is -2.73. The number of ether oxygens (including phenoxy) is 3. The Morgan fingerprint density at radius 3 is 2.27 bits per heavy atom. The first-order valence-electron chi connectivity index (χ1n) is 11.1. The number of carbonyl (C=O) groups excluding carboxylic acids is 1. The summed E-state index contributed by atoms with van der Waals surface area (Å²) in [6, 6.07) is 7.59. The molecule has 0 radical (unpaired) electrons. The van der Waals surface area contributed by atoms with E-state index < -0.39 is 0 Å². The van der Waals surface area contributed by atoms with E-state index in [2.05, 4.69) is 25.8 Å². The van der Waals surface area contributed by atoms with E-state index in [9.17, 15) is 4.79 Å². The molecule has 33 heavy (non-hydrogen) atoms. The Balaban J connectivity index is 2.10. The van der Waals surface area contributed by atoms with Crippen molar-refractivity contribution in [2.24, 2.45) is 11.3 Å². The summed E-state index contributed by atoms with van der Waals surface area (Å²) in [7, 11) is 4.70. The van der Waals surface area contributed by atoms with Crippen molar-refractivity contribution in [1.82, 2.24) is 4.98 Å². The van der Waals surface area contributed by atoms with Crippen LogP contribution in [0.2, 0.25) is 0 Å². The maximum Gasteiger partial charge on any atom is 0.203 e. The van der Waals surface area contributed by atoms with E-state index >= 15 is 0 Å². The summed E-state index contributed by atoms with van der Waals surface area (Å²) in [5.74, 6) is 1.88. The van der Waals surface area contributed by atoms with Crippen LogP contribution < -0.4 is 14.2 Å². The van der Waals surface area contributed by atoms with Gasteiger partial charge in [-0.3, -0.25) is 9.78 Å². The molecule has 1 heterocycles. The van der Waals surface area contributed by atoms with Gasteiger partial charge in [-0.2, -0.15) is 0 Å². The van der Waals surface area contributed by atoms with E-state index in [1.165, 1.54) is 0 Å². The molecule has 1 aromatic heterocycles. The van der Waals surface area contributed by atoms with E-state index in [0.29, 0.717) is 30.1 Å². The van der Waals surface area contributed by atoms with Crippen LogP contribution in [0.25, 0.3) is 6.08 Å². The molecule has 1 atom stereocenters. The van der Waals surface area contributed by atoms with E-state index in [-0.39, 0.29) is 17.1 Å². The molecule has 0 bridgehead atoms. The number of ketones is 1. The second-order valence-electron chi connectivity index (χ2n) is 9.37. The van der Waals surface area contributed by atoms with E-state index in [1.807, 2.05) is 30.5 Å². The number of aromatic nitrogens is 1. The molecule has 0 aliphatic carbocycles. The van der Waals surface area contributed by atoms with Gasteiger partial charge in [-0.15, -0.1) is 0 Å². The summed E-state index contributed by atoms with van der Waals surface area (Å²) >= 11 is 5.68. The van der Waals surface area contributed by atoms with Gasteiger partial charge >= 0.3 is 0 Å². The number of rotatable bonds is 12. The highest BCUT2D eigenvalue weighted by molar-refractivity contribution is 7.80. The third-order valence-electron chi connectivity index (χ3n) is 5.18. The van der Waals surface area contributed by atoms with Crippen LogP contribution in [0.5, 0.6) is 17.2 Å². The number of carbonyl (C=O) groups is 1. The first kappa shape index (κ1) is 26.5. The minimum Gasteiger partial charge on any atom is -0.493 e. The van der Waals surface area contributed by atoms with Crippen molar-refractivity contribution in [2.45, 2.75) is 46.5 Å². The smallest absolute Gasteiger partial charge is 0.203 e. The fraction of sp³-hybridized carbons (Fsp3) is 0.444. The van der Waals surface area contributed by atoms with Gasteiger partial charge in [0.25, 0.3) is 0 Å². The number of hydrogen-bond acceptors (Lipinski definition) is 6. The van der Waals surface area contributed by atoms with Gasteiger partial charge in [-0.1, -0.05) is 45.1 Å². The van der Waals surface area contributed by atoms with Crippen LogP contribution in [-0.2, 0) is 11.2 Å². The molecule has 0 amide bonds. The predicted molar refractivity (Wildman–Crippen MR) is 137 cm³/mol. The molecule has 6 heteroatoms. The molecule has 0 saturated heterocycles. The quantitative estimate of drug-likeness (QED) is 0.275. The largest absolute Gasteiger partial charge is 0.493 e. The summed E-state index contributed by atoms with van der Waals surface area (Å²) in [4.78, 5) is 18.0. The molecule has 0 N–H and O–H groups in total. The first-order chi connectivity index (χ1) is 15.6. The lowest BCUT2D eigenvalue weighted by Crippen LogP contribution is -2.19. The fourth-order valence-electron chi connectivity index (χ4n) is 3.95. The van der Waals surface area contributed by atoms with Gasteiger partial charge in [0.1, 0.15) is 0 Å². The maximum atomic E-state index is 12.9. The zero-order valence-electron chi connectivity index (χ0n) is 20.5. The number of pyridine rings is 1. The van der Waals surface area contributed by atoms with Gasteiger partial charge in [0, 0.05) is 25.2 Å². The van der Waals surface area contributed by atoms with Crippen molar-refractivity contribution in [3.05, 3.63) is 53.9 Å². The zero-order valence-corrected chi connectivity index (χ0v) is 21.3. The van der Waals surface area contributed by atoms with E-state index in [1.54, 1.807) is 39.7 Å². The standard InChI is InChI=1S/C27H35NO4S/c1-27(2,3)17-21(14-23(33)13-20-8-7-11-28-18-20)12-22(29)10-9-19-15-24(30-4)26(32-6)25(16-19)31-5/h7-11,15-16,18,21H,12-14,17H2,1-6H3/b10-9+. The number of hydrogen-bond donors (Lipinski definition) is 0. The molecule has 0 saturated carbocycles. The van der Waals surface area contributed by atoms with Crippen LogP contribution in [-0.4, -0.2) is 37.0 Å². The third-order valence-corrected chi connectivity index (χ3v) is 5.49. The average Bonchev–Trinajstić information content (AvgIpc) is 2.76. The predicted octanol–water partition coefficient (Wildman–Crippen LogP) is 6.13. The summed E-state index contributed by atoms with van der Waals surface area (Å²) in [5.41, 5.74) is 2.01. The number of nitrogens with zero attached hydrogens (tertiary/aromatic N) is 1. The average molecular weight is 470 g/mol. The molecule has 0 aliphatic heterocycles. The van der Waals surface area contributed by atoms with Crippen molar-refractivity contribution >= 4 is 28.9 Å². The molecule has 2 aromatic rings. The Morgan fingerprint density at radius 2 is 1.76 bits per heavy atom. The van der Waals surface area contributed by atoms with Crippen molar-refractivity contribution in [2.75, 3.05) is 21.3 Å². The van der Waals surface area contributed by atoms with Crippen molar-refractivity contribution in [3.8, 4) is 17.2 Å². The van der Waals surface area contributed by atoms with Crippen LogP contribution in [0.15, 0.2) is 42.7 Å². The lowest BCUT2D eigenvalue weighted by Gasteiger charge is -2.25. The molecule has 0 spiro atoms. The van der Waals surface area contributed by atoms with Gasteiger partial charge in [-0.05, 0) is 64.4 Å². The summed E-state index contributed by atoms with van der Waals surface area (Å²) in [5, 5.41) is 0. The SMILES string of the molecule is COc1cc(/C=C/C(=O)CC(CC(=S)Cc2cccnc2)CC(C)(C)C)cc(OC)c1OC. The monoisotopic (exact) mass is 469 g/mol. The second-order valence-corrected chi connectivity index (χ2v) is 9.95. The van der Waals surface area contributed by atoms with E-state index in [0.717, 1.165) is 28.8 Å². The van der Waals surface area contributed by atoms with Crippen LogP contribution in [0.4, 0.5) is 0 Å². The fourth-order valence-corrected chi connectivity index (χ4v) is 4.35. The van der Waals surface area contributed by atoms with Gasteiger partial charge in [0.15, 0.2) is 17.3 Å². The maximum absolute atomic E-state index is 12.9. The second kappa shape index (κ2) is 12.5. The summed E-state index contributed by atoms with van der Waals surface area (Å²) in [6.07, 6.45) is 9.83. The Kier molecular flexibility index (Phi) is 10.0. The minimum atomic E-state index is 0.0715. The number of benzene rings is 1. The highest BCUT2D eigenvalue weighted by Crippen LogP contribution is 2.38. The summed E-state index contributed by atoms with van der Waals surface area (Å²) in [6.45, 7) is 6.58. The highest BCUT2D eigenvalue weighted by Gasteiger charge is 2.22. The van der Waals surface area contributed by atoms with Crippen LogP contribution in [0.3, 0.4) is 0 Å². The number of allylic oxidation sites excluding steroid dienone is 1. The van der Waals surface area contributed by atoms with Gasteiger partial charge in [0.2, 0.25) is 5.75 Å². The Bertz CT molecular complexity index is 939. The Labute approximate surface area is 203 Å². The highest BCUT2D eigenvalue weighted by atomic mass is 32.1. The molecule has 0 aliphatic rings. The van der Waals surface area contributed by atoms with Gasteiger partial charge < -0.3 is 14.2 Å².